The van der Waals surface area contributed by atoms with E-state index in [0.29, 0.717) is 0 Å². The highest BCUT2D eigenvalue weighted by Crippen LogP contribution is 2.24. The third-order valence-electron chi connectivity index (χ3n) is 2.62. The van der Waals surface area contributed by atoms with E-state index in [0.717, 1.165) is 23.1 Å². The van der Waals surface area contributed by atoms with E-state index in [4.69, 9.17) is 16.3 Å². The lowest BCUT2D eigenvalue weighted by Crippen LogP contribution is -2.29. The Balaban J connectivity index is 3.11. The number of rotatable bonds is 5. The molecule has 0 aliphatic rings. The Bertz CT molecular complexity index is 393. The molecule has 3 nitrogen and oxygen atoms in total. The van der Waals surface area contributed by atoms with Gasteiger partial charge in [0.2, 0.25) is 5.91 Å². The molecule has 1 atom stereocenters. The van der Waals surface area contributed by atoms with Crippen molar-refractivity contribution in [1.82, 2.24) is 5.32 Å². The van der Waals surface area contributed by atoms with Crippen LogP contribution in [0.1, 0.15) is 36.8 Å². The summed E-state index contributed by atoms with van der Waals surface area (Å²) in [5.41, 5.74) is 3.26. The van der Waals surface area contributed by atoms with Gasteiger partial charge < -0.3 is 10.1 Å². The molecule has 0 saturated carbocycles. The Labute approximate surface area is 107 Å². The van der Waals surface area contributed by atoms with Crippen LogP contribution in [0.2, 0.25) is 0 Å². The molecule has 1 aromatic rings. The first-order valence-electron chi connectivity index (χ1n) is 5.63. The maximum Gasteiger partial charge on any atom is 0.219 e. The van der Waals surface area contributed by atoms with Crippen LogP contribution in [0.25, 0.3) is 0 Å². The first-order chi connectivity index (χ1) is 8.10. The van der Waals surface area contributed by atoms with Crippen LogP contribution in [0.15, 0.2) is 18.2 Å². The second-order valence-corrected chi connectivity index (χ2v) is 4.08. The molecule has 1 rings (SSSR count). The molecule has 94 valence electrons. The van der Waals surface area contributed by atoms with Crippen molar-refractivity contribution in [3.8, 4) is 0 Å². The number of halogens is 1. The molecule has 0 spiro atoms. The van der Waals surface area contributed by atoms with E-state index in [1.165, 1.54) is 6.92 Å². The Morgan fingerprint density at radius 2 is 2.24 bits per heavy atom. The summed E-state index contributed by atoms with van der Waals surface area (Å²) in [7, 11) is 0. The summed E-state index contributed by atoms with van der Waals surface area (Å²) in [5.74, 6) is -0.134. The summed E-state index contributed by atoms with van der Waals surface area (Å²) in [6, 6.07) is 6.08. The molecule has 17 heavy (non-hydrogen) atoms. The van der Waals surface area contributed by atoms with Crippen LogP contribution in [0.3, 0.4) is 0 Å². The molecular formula is C13H18ClNO2. The van der Waals surface area contributed by atoms with Gasteiger partial charge in [-0.2, -0.15) is 0 Å². The summed E-state index contributed by atoms with van der Waals surface area (Å²) in [5, 5.41) is 2.77. The van der Waals surface area contributed by atoms with E-state index in [9.17, 15) is 4.79 Å². The van der Waals surface area contributed by atoms with Gasteiger partial charge >= 0.3 is 0 Å². The van der Waals surface area contributed by atoms with Crippen LogP contribution >= 0.6 is 11.6 Å². The highest BCUT2D eigenvalue weighted by molar-refractivity contribution is 6.17. The van der Waals surface area contributed by atoms with Gasteiger partial charge in [0.1, 0.15) is 6.07 Å². The predicted octanol–water partition coefficient (Wildman–Crippen LogP) is 2.91. The Morgan fingerprint density at radius 3 is 2.76 bits per heavy atom. The van der Waals surface area contributed by atoms with Crippen LogP contribution in [-0.4, -0.2) is 12.0 Å². The average molecular weight is 256 g/mol. The monoisotopic (exact) mass is 255 g/mol. The predicted molar refractivity (Wildman–Crippen MR) is 68.9 cm³/mol. The number of nitrogens with one attached hydrogen (secondary N) is 1. The maximum absolute atomic E-state index is 11.2. The highest BCUT2D eigenvalue weighted by atomic mass is 35.5. The fourth-order valence-electron chi connectivity index (χ4n) is 1.87. The molecule has 4 heteroatoms. The van der Waals surface area contributed by atoms with Gasteiger partial charge in [-0.3, -0.25) is 4.79 Å². The Kier molecular flexibility index (Phi) is 5.45. The molecule has 0 fully saturated rings. The first kappa shape index (κ1) is 14.0. The van der Waals surface area contributed by atoms with Gasteiger partial charge in [-0.15, -0.1) is 0 Å². The molecule has 1 unspecified atom stereocenters. The van der Waals surface area contributed by atoms with Gasteiger partial charge in [-0.05, 0) is 24.5 Å². The number of hydrogen-bond acceptors (Lipinski definition) is 2. The van der Waals surface area contributed by atoms with Gasteiger partial charge in [0, 0.05) is 12.5 Å². The van der Waals surface area contributed by atoms with Crippen LogP contribution in [0.5, 0.6) is 0 Å². The molecular weight excluding hydrogens is 238 g/mol. The van der Waals surface area contributed by atoms with Gasteiger partial charge in [-0.25, -0.2) is 0 Å². The average Bonchev–Trinajstić information content (AvgIpc) is 2.27. The van der Waals surface area contributed by atoms with E-state index < -0.39 is 6.23 Å². The van der Waals surface area contributed by atoms with Crippen LogP contribution in [0, 0.1) is 6.92 Å². The zero-order valence-electron chi connectivity index (χ0n) is 10.4. The van der Waals surface area contributed by atoms with Crippen molar-refractivity contribution in [3.63, 3.8) is 0 Å². The third-order valence-corrected chi connectivity index (χ3v) is 2.75. The molecule has 1 aromatic carbocycles. The zero-order chi connectivity index (χ0) is 12.8. The molecule has 0 heterocycles. The Morgan fingerprint density at radius 1 is 1.53 bits per heavy atom. The fourth-order valence-corrected chi connectivity index (χ4v) is 2.00. The van der Waals surface area contributed by atoms with E-state index in [1.54, 1.807) is 0 Å². The number of hydrogen-bond donors (Lipinski definition) is 1. The van der Waals surface area contributed by atoms with Crippen LogP contribution in [-0.2, 0) is 16.0 Å². The maximum atomic E-state index is 11.2. The van der Waals surface area contributed by atoms with Crippen molar-refractivity contribution in [2.24, 2.45) is 0 Å². The van der Waals surface area contributed by atoms with Crippen molar-refractivity contribution >= 4 is 17.5 Å². The lowest BCUT2D eigenvalue weighted by atomic mass is 9.98. The molecule has 1 N–H and O–H groups in total. The summed E-state index contributed by atoms with van der Waals surface area (Å²) in [4.78, 5) is 11.2. The van der Waals surface area contributed by atoms with Gasteiger partial charge in [0.05, 0.1) is 0 Å². The van der Waals surface area contributed by atoms with Gasteiger partial charge in [0.15, 0.2) is 6.23 Å². The second kappa shape index (κ2) is 6.62. The van der Waals surface area contributed by atoms with Gasteiger partial charge in [-0.1, -0.05) is 36.7 Å². The summed E-state index contributed by atoms with van der Waals surface area (Å²) < 4.78 is 5.40. The number of alkyl halides is 1. The Hall–Kier alpha value is -1.06. The van der Waals surface area contributed by atoms with Gasteiger partial charge in [0.25, 0.3) is 0 Å². The lowest BCUT2D eigenvalue weighted by Gasteiger charge is -2.22. The lowest BCUT2D eigenvalue weighted by molar-refractivity contribution is -0.123. The number of benzene rings is 1. The standard InChI is InChI=1S/C13H18ClNO2/c1-4-11-7-5-6-9(2)12(11)13(17-8-14)15-10(3)16/h5-7,13H,4,8H2,1-3H3,(H,15,16). The minimum Gasteiger partial charge on any atom is -0.338 e. The molecule has 1 amide bonds. The number of carbonyl (C=O) groups is 1. The highest BCUT2D eigenvalue weighted by Gasteiger charge is 2.18. The van der Waals surface area contributed by atoms with Crippen molar-refractivity contribution in [2.45, 2.75) is 33.4 Å². The fraction of sp³-hybridized carbons (Fsp3) is 0.462. The first-order valence-corrected chi connectivity index (χ1v) is 6.16. The summed E-state index contributed by atoms with van der Waals surface area (Å²) in [6.45, 7) is 5.54. The van der Waals surface area contributed by atoms with E-state index >= 15 is 0 Å². The molecule has 0 aromatic heterocycles. The van der Waals surface area contributed by atoms with E-state index in [-0.39, 0.29) is 12.0 Å². The molecule has 0 saturated heterocycles. The largest absolute Gasteiger partial charge is 0.338 e. The third kappa shape index (κ3) is 3.72. The van der Waals surface area contributed by atoms with Crippen LogP contribution < -0.4 is 5.32 Å². The number of ether oxygens (including phenoxy) is 1. The molecule has 0 bridgehead atoms. The van der Waals surface area contributed by atoms with E-state index in [1.807, 2.05) is 25.1 Å². The number of aryl methyl sites for hydroxylation is 2. The number of amides is 1. The van der Waals surface area contributed by atoms with Crippen molar-refractivity contribution in [3.05, 3.63) is 34.9 Å². The quantitative estimate of drug-likeness (QED) is 0.649. The minimum absolute atomic E-state index is 0.0441. The zero-order valence-corrected chi connectivity index (χ0v) is 11.2. The minimum atomic E-state index is -0.471. The summed E-state index contributed by atoms with van der Waals surface area (Å²) >= 11 is 5.60. The normalized spacial score (nSPS) is 12.2. The molecule has 0 aliphatic carbocycles. The summed E-state index contributed by atoms with van der Waals surface area (Å²) in [6.07, 6.45) is 0.416. The van der Waals surface area contributed by atoms with Crippen molar-refractivity contribution < 1.29 is 9.53 Å². The number of carbonyl (C=O) groups excluding carboxylic acids is 1. The van der Waals surface area contributed by atoms with Crippen molar-refractivity contribution in [1.29, 1.82) is 0 Å². The molecule has 0 aliphatic heterocycles. The SMILES string of the molecule is CCc1cccc(C)c1C(NC(C)=O)OCCl. The molecule has 0 radical (unpaired) electrons. The topological polar surface area (TPSA) is 38.3 Å². The van der Waals surface area contributed by atoms with E-state index in [2.05, 4.69) is 12.2 Å². The van der Waals surface area contributed by atoms with Crippen molar-refractivity contribution in [2.75, 3.05) is 6.07 Å². The van der Waals surface area contributed by atoms with Crippen LogP contribution in [0.4, 0.5) is 0 Å². The second-order valence-electron chi connectivity index (χ2n) is 3.86. The smallest absolute Gasteiger partial charge is 0.219 e.